The van der Waals surface area contributed by atoms with E-state index in [0.29, 0.717) is 11.6 Å². The van der Waals surface area contributed by atoms with Gasteiger partial charge in [-0.3, -0.25) is 0 Å². The number of rotatable bonds is 6. The van der Waals surface area contributed by atoms with Gasteiger partial charge in [0, 0.05) is 11.1 Å². The van der Waals surface area contributed by atoms with Gasteiger partial charge in [0.1, 0.15) is 12.4 Å². The van der Waals surface area contributed by atoms with E-state index >= 15 is 0 Å². The van der Waals surface area contributed by atoms with Crippen LogP contribution < -0.4 is 10.5 Å². The molecule has 0 saturated heterocycles. The van der Waals surface area contributed by atoms with Crippen molar-refractivity contribution in [3.8, 4) is 5.75 Å². The van der Waals surface area contributed by atoms with Gasteiger partial charge in [-0.15, -0.1) is 0 Å². The van der Waals surface area contributed by atoms with Crippen molar-refractivity contribution in [2.75, 3.05) is 0 Å². The Bertz CT molecular complexity index is 774. The van der Waals surface area contributed by atoms with Crippen molar-refractivity contribution in [3.63, 3.8) is 0 Å². The van der Waals surface area contributed by atoms with Gasteiger partial charge < -0.3 is 10.5 Å². The first-order chi connectivity index (χ1) is 11.7. The maximum Gasteiger partial charge on any atom is 0.120 e. The molecular weight excluding hydrogens is 318 g/mol. The summed E-state index contributed by atoms with van der Waals surface area (Å²) in [5.74, 6) is 0.779. The summed E-state index contributed by atoms with van der Waals surface area (Å²) in [5.41, 5.74) is 9.59. The molecule has 0 aliphatic heterocycles. The fraction of sp³-hybridized carbons (Fsp3) is 0.143. The molecule has 24 heavy (non-hydrogen) atoms. The predicted molar refractivity (Wildman–Crippen MR) is 99.3 cm³/mol. The van der Waals surface area contributed by atoms with E-state index in [1.807, 2.05) is 66.7 Å². The monoisotopic (exact) mass is 337 g/mol. The van der Waals surface area contributed by atoms with Crippen LogP contribution in [0.5, 0.6) is 5.75 Å². The summed E-state index contributed by atoms with van der Waals surface area (Å²) in [7, 11) is 0. The van der Waals surface area contributed by atoms with Gasteiger partial charge in [-0.2, -0.15) is 0 Å². The summed E-state index contributed by atoms with van der Waals surface area (Å²) >= 11 is 6.34. The first-order valence-corrected chi connectivity index (χ1v) is 8.36. The molecule has 2 nitrogen and oxygen atoms in total. The van der Waals surface area contributed by atoms with Crippen LogP contribution in [-0.4, -0.2) is 0 Å². The van der Waals surface area contributed by atoms with E-state index in [1.54, 1.807) is 0 Å². The number of benzene rings is 3. The molecule has 3 aromatic rings. The highest BCUT2D eigenvalue weighted by atomic mass is 35.5. The lowest BCUT2D eigenvalue weighted by molar-refractivity contribution is 0.305. The highest BCUT2D eigenvalue weighted by molar-refractivity contribution is 6.31. The maximum absolute atomic E-state index is 6.36. The summed E-state index contributed by atoms with van der Waals surface area (Å²) in [6.45, 7) is 0.524. The molecule has 1 unspecified atom stereocenters. The average Bonchev–Trinajstić information content (AvgIpc) is 2.62. The molecule has 0 saturated carbocycles. The molecule has 0 spiro atoms. The second-order valence-electron chi connectivity index (χ2n) is 5.75. The normalized spacial score (nSPS) is 11.9. The first kappa shape index (κ1) is 16.6. The lowest BCUT2D eigenvalue weighted by atomic mass is 9.99. The van der Waals surface area contributed by atoms with Crippen LogP contribution >= 0.6 is 11.6 Å². The molecule has 0 heterocycles. The van der Waals surface area contributed by atoms with E-state index < -0.39 is 0 Å². The molecular formula is C21H20ClNO. The fourth-order valence-electron chi connectivity index (χ4n) is 2.61. The van der Waals surface area contributed by atoms with Crippen LogP contribution in [0.2, 0.25) is 5.02 Å². The summed E-state index contributed by atoms with van der Waals surface area (Å²) in [4.78, 5) is 0. The molecule has 2 N–H and O–H groups in total. The zero-order valence-electron chi connectivity index (χ0n) is 13.4. The van der Waals surface area contributed by atoms with E-state index in [-0.39, 0.29) is 6.04 Å². The summed E-state index contributed by atoms with van der Waals surface area (Å²) < 4.78 is 5.87. The third kappa shape index (κ3) is 4.38. The Labute approximate surface area is 147 Å². The Balaban J connectivity index is 1.71. The van der Waals surface area contributed by atoms with Gasteiger partial charge in [-0.05, 0) is 41.3 Å². The van der Waals surface area contributed by atoms with Crippen LogP contribution in [0.25, 0.3) is 0 Å². The Morgan fingerprint density at radius 2 is 1.46 bits per heavy atom. The van der Waals surface area contributed by atoms with Crippen molar-refractivity contribution in [1.82, 2.24) is 0 Å². The molecule has 0 radical (unpaired) electrons. The number of hydrogen-bond donors (Lipinski definition) is 1. The van der Waals surface area contributed by atoms with E-state index in [0.717, 1.165) is 23.3 Å². The van der Waals surface area contributed by atoms with Crippen LogP contribution in [0.1, 0.15) is 22.7 Å². The van der Waals surface area contributed by atoms with Crippen molar-refractivity contribution in [2.24, 2.45) is 5.73 Å². The molecule has 0 aliphatic rings. The van der Waals surface area contributed by atoms with Crippen LogP contribution in [-0.2, 0) is 13.0 Å². The minimum atomic E-state index is -0.167. The molecule has 3 rings (SSSR count). The van der Waals surface area contributed by atoms with Gasteiger partial charge in [-0.1, -0.05) is 72.3 Å². The quantitative estimate of drug-likeness (QED) is 0.674. The molecule has 0 aliphatic carbocycles. The molecule has 3 aromatic carbocycles. The summed E-state index contributed by atoms with van der Waals surface area (Å²) in [6.07, 6.45) is 0.739. The van der Waals surface area contributed by atoms with E-state index in [2.05, 4.69) is 12.1 Å². The Morgan fingerprint density at radius 3 is 2.12 bits per heavy atom. The molecule has 0 bridgehead atoms. The van der Waals surface area contributed by atoms with Crippen LogP contribution in [0.15, 0.2) is 78.9 Å². The van der Waals surface area contributed by atoms with Gasteiger partial charge in [-0.25, -0.2) is 0 Å². The molecule has 1 atom stereocenters. The van der Waals surface area contributed by atoms with E-state index in [1.165, 1.54) is 5.56 Å². The maximum atomic E-state index is 6.36. The SMILES string of the molecule is NC(Cc1ccccc1)c1cc(OCc2ccccc2)ccc1Cl. The fourth-order valence-corrected chi connectivity index (χ4v) is 2.87. The summed E-state index contributed by atoms with van der Waals surface area (Å²) in [5, 5.41) is 0.672. The average molecular weight is 338 g/mol. The van der Waals surface area contributed by atoms with Gasteiger partial charge in [0.25, 0.3) is 0 Å². The topological polar surface area (TPSA) is 35.2 Å². The molecule has 3 heteroatoms. The molecule has 0 aromatic heterocycles. The van der Waals surface area contributed by atoms with Crippen molar-refractivity contribution >= 4 is 11.6 Å². The lowest BCUT2D eigenvalue weighted by Crippen LogP contribution is -2.14. The van der Waals surface area contributed by atoms with Crippen molar-refractivity contribution < 1.29 is 4.74 Å². The van der Waals surface area contributed by atoms with Crippen LogP contribution in [0.3, 0.4) is 0 Å². The standard InChI is InChI=1S/C21H20ClNO/c22-20-12-11-18(24-15-17-9-5-2-6-10-17)14-19(20)21(23)13-16-7-3-1-4-8-16/h1-12,14,21H,13,15,23H2. The van der Waals surface area contributed by atoms with E-state index in [9.17, 15) is 0 Å². The molecule has 122 valence electrons. The lowest BCUT2D eigenvalue weighted by Gasteiger charge is -2.16. The van der Waals surface area contributed by atoms with Gasteiger partial charge in [0.15, 0.2) is 0 Å². The minimum absolute atomic E-state index is 0.167. The van der Waals surface area contributed by atoms with Crippen molar-refractivity contribution in [1.29, 1.82) is 0 Å². The largest absolute Gasteiger partial charge is 0.489 e. The highest BCUT2D eigenvalue weighted by Gasteiger charge is 2.12. The van der Waals surface area contributed by atoms with Crippen molar-refractivity contribution in [2.45, 2.75) is 19.1 Å². The van der Waals surface area contributed by atoms with Crippen molar-refractivity contribution in [3.05, 3.63) is 101 Å². The minimum Gasteiger partial charge on any atom is -0.489 e. The Kier molecular flexibility index (Phi) is 5.52. The Morgan fingerprint density at radius 1 is 0.833 bits per heavy atom. The zero-order chi connectivity index (χ0) is 16.8. The third-order valence-corrected chi connectivity index (χ3v) is 4.26. The summed E-state index contributed by atoms with van der Waals surface area (Å²) in [6, 6.07) is 25.8. The second-order valence-corrected chi connectivity index (χ2v) is 6.16. The number of ether oxygens (including phenoxy) is 1. The Hall–Kier alpha value is -2.29. The third-order valence-electron chi connectivity index (χ3n) is 3.91. The number of nitrogens with two attached hydrogens (primary N) is 1. The molecule has 0 fully saturated rings. The predicted octanol–water partition coefficient (Wildman–Crippen LogP) is 5.16. The van der Waals surface area contributed by atoms with Crippen LogP contribution in [0, 0.1) is 0 Å². The first-order valence-electron chi connectivity index (χ1n) is 7.98. The van der Waals surface area contributed by atoms with Gasteiger partial charge in [0.05, 0.1) is 0 Å². The number of hydrogen-bond acceptors (Lipinski definition) is 2. The molecule has 0 amide bonds. The smallest absolute Gasteiger partial charge is 0.120 e. The number of halogens is 1. The van der Waals surface area contributed by atoms with Gasteiger partial charge >= 0.3 is 0 Å². The zero-order valence-corrected chi connectivity index (χ0v) is 14.1. The van der Waals surface area contributed by atoms with Crippen LogP contribution in [0.4, 0.5) is 0 Å². The van der Waals surface area contributed by atoms with Gasteiger partial charge in [0.2, 0.25) is 0 Å². The highest BCUT2D eigenvalue weighted by Crippen LogP contribution is 2.28. The second kappa shape index (κ2) is 8.00. The van der Waals surface area contributed by atoms with E-state index in [4.69, 9.17) is 22.1 Å².